The number of carbonyl (C=O) groups is 2. The van der Waals surface area contributed by atoms with Gasteiger partial charge in [0.15, 0.2) is 5.78 Å². The first-order valence-electron chi connectivity index (χ1n) is 10.2. The molecule has 1 fully saturated rings. The summed E-state index contributed by atoms with van der Waals surface area (Å²) in [5.74, 6) is 0.201. The molecule has 1 aliphatic carbocycles. The van der Waals surface area contributed by atoms with E-state index in [0.29, 0.717) is 18.9 Å². The molecule has 0 spiro atoms. The van der Waals surface area contributed by atoms with Gasteiger partial charge in [0, 0.05) is 44.6 Å². The van der Waals surface area contributed by atoms with Crippen LogP contribution in [0.2, 0.25) is 0 Å². The zero-order valence-corrected chi connectivity index (χ0v) is 16.3. The molecule has 1 aromatic rings. The zero-order valence-electron chi connectivity index (χ0n) is 16.3. The van der Waals surface area contributed by atoms with E-state index in [1.54, 1.807) is 0 Å². The molecule has 0 bridgehead atoms. The van der Waals surface area contributed by atoms with Crippen LogP contribution in [0, 0.1) is 0 Å². The number of hydrogen-bond acceptors (Lipinski definition) is 3. The van der Waals surface area contributed by atoms with Gasteiger partial charge in [-0.25, -0.2) is 0 Å². The fourth-order valence-electron chi connectivity index (χ4n) is 4.27. The van der Waals surface area contributed by atoms with Crippen molar-refractivity contribution in [1.82, 2.24) is 9.80 Å². The molecule has 0 N–H and O–H groups in total. The maximum Gasteiger partial charge on any atom is 0.223 e. The van der Waals surface area contributed by atoms with Gasteiger partial charge in [-0.05, 0) is 62.3 Å². The van der Waals surface area contributed by atoms with Crippen molar-refractivity contribution in [3.63, 3.8) is 0 Å². The molecule has 2 aliphatic rings. The minimum atomic E-state index is 0.0981. The number of rotatable bonds is 6. The average molecular weight is 357 g/mol. The van der Waals surface area contributed by atoms with Crippen molar-refractivity contribution < 1.29 is 9.59 Å². The largest absolute Gasteiger partial charge is 0.343 e. The van der Waals surface area contributed by atoms with E-state index in [1.807, 2.05) is 18.0 Å². The highest BCUT2D eigenvalue weighted by molar-refractivity contribution is 5.98. The lowest BCUT2D eigenvalue weighted by atomic mass is 9.89. The highest BCUT2D eigenvalue weighted by atomic mass is 16.2. The molecule has 0 unspecified atom stereocenters. The Hall–Kier alpha value is -1.68. The maximum absolute atomic E-state index is 12.5. The summed E-state index contributed by atoms with van der Waals surface area (Å²) in [5.41, 5.74) is 3.49. The minimum absolute atomic E-state index is 0.0981. The van der Waals surface area contributed by atoms with E-state index < -0.39 is 0 Å². The van der Waals surface area contributed by atoms with Gasteiger partial charge in [-0.15, -0.1) is 0 Å². The smallest absolute Gasteiger partial charge is 0.223 e. The van der Waals surface area contributed by atoms with Crippen molar-refractivity contribution in [1.29, 1.82) is 0 Å². The molecule has 26 heavy (non-hydrogen) atoms. The number of Topliss-reactive ketones (excluding diaryl/α,β-unsaturated/α-hetero) is 1. The molecule has 0 aromatic heterocycles. The third-order valence-electron chi connectivity index (χ3n) is 6.18. The number of fused-ring (bicyclic) bond motifs is 1. The first-order chi connectivity index (χ1) is 12.6. The van der Waals surface area contributed by atoms with E-state index in [-0.39, 0.29) is 11.7 Å². The summed E-state index contributed by atoms with van der Waals surface area (Å²) in [6, 6.07) is 6.44. The number of aryl methyl sites for hydroxylation is 2. The number of benzene rings is 1. The number of hydrogen-bond donors (Lipinski definition) is 0. The lowest BCUT2D eigenvalue weighted by Gasteiger charge is -2.36. The number of carbonyl (C=O) groups excluding carboxylic acids is 2. The Bertz CT molecular complexity index is 648. The number of likely N-dealkylation sites (tertiary alicyclic amines) is 1. The summed E-state index contributed by atoms with van der Waals surface area (Å²) in [7, 11) is 1.90. The SMILES string of the molecule is CCN1CCC(N(C)C(=O)CCC(=O)c2ccc3c(c2)CCCC3)CC1. The van der Waals surface area contributed by atoms with E-state index in [4.69, 9.17) is 0 Å². The summed E-state index contributed by atoms with van der Waals surface area (Å²) in [5, 5.41) is 0. The first-order valence-corrected chi connectivity index (χ1v) is 10.2. The van der Waals surface area contributed by atoms with Gasteiger partial charge in [0.05, 0.1) is 0 Å². The van der Waals surface area contributed by atoms with Crippen molar-refractivity contribution in [2.75, 3.05) is 26.7 Å². The van der Waals surface area contributed by atoms with E-state index >= 15 is 0 Å². The molecule has 1 aromatic carbocycles. The van der Waals surface area contributed by atoms with Gasteiger partial charge in [-0.2, -0.15) is 0 Å². The molecule has 0 radical (unpaired) electrons. The Kier molecular flexibility index (Phi) is 6.47. The molecular weight excluding hydrogens is 324 g/mol. The molecule has 1 aliphatic heterocycles. The second-order valence-corrected chi connectivity index (χ2v) is 7.78. The summed E-state index contributed by atoms with van der Waals surface area (Å²) < 4.78 is 0. The van der Waals surface area contributed by atoms with Crippen LogP contribution < -0.4 is 0 Å². The third kappa shape index (κ3) is 4.53. The van der Waals surface area contributed by atoms with Gasteiger partial charge >= 0.3 is 0 Å². The molecule has 0 atom stereocenters. The minimum Gasteiger partial charge on any atom is -0.343 e. The lowest BCUT2D eigenvalue weighted by molar-refractivity contribution is -0.132. The van der Waals surface area contributed by atoms with Crippen LogP contribution in [0.3, 0.4) is 0 Å². The van der Waals surface area contributed by atoms with Crippen molar-refractivity contribution >= 4 is 11.7 Å². The molecule has 1 heterocycles. The monoisotopic (exact) mass is 356 g/mol. The van der Waals surface area contributed by atoms with Gasteiger partial charge in [-0.1, -0.05) is 19.1 Å². The zero-order chi connectivity index (χ0) is 18.5. The van der Waals surface area contributed by atoms with Gasteiger partial charge in [0.2, 0.25) is 5.91 Å². The number of piperidine rings is 1. The van der Waals surface area contributed by atoms with Crippen LogP contribution in [0.1, 0.15) is 66.9 Å². The highest BCUT2D eigenvalue weighted by Gasteiger charge is 2.25. The Morgan fingerprint density at radius 2 is 1.77 bits per heavy atom. The Morgan fingerprint density at radius 1 is 1.08 bits per heavy atom. The molecule has 1 amide bonds. The average Bonchev–Trinajstić information content (AvgIpc) is 2.70. The van der Waals surface area contributed by atoms with Crippen molar-refractivity contribution in [2.24, 2.45) is 0 Å². The molecule has 142 valence electrons. The van der Waals surface area contributed by atoms with E-state index in [1.165, 1.54) is 24.0 Å². The fourth-order valence-corrected chi connectivity index (χ4v) is 4.27. The van der Waals surface area contributed by atoms with Gasteiger partial charge in [0.1, 0.15) is 0 Å². The maximum atomic E-state index is 12.5. The Labute approximate surface area is 157 Å². The van der Waals surface area contributed by atoms with Crippen LogP contribution in [-0.2, 0) is 17.6 Å². The van der Waals surface area contributed by atoms with Crippen LogP contribution in [0.15, 0.2) is 18.2 Å². The van der Waals surface area contributed by atoms with Gasteiger partial charge in [0.25, 0.3) is 0 Å². The predicted molar refractivity (Wildman–Crippen MR) is 105 cm³/mol. The topological polar surface area (TPSA) is 40.6 Å². The van der Waals surface area contributed by atoms with Crippen LogP contribution in [0.25, 0.3) is 0 Å². The van der Waals surface area contributed by atoms with Gasteiger partial charge < -0.3 is 9.80 Å². The molecule has 3 rings (SSSR count). The number of ketones is 1. The van der Waals surface area contributed by atoms with Crippen molar-refractivity contribution in [3.05, 3.63) is 34.9 Å². The number of nitrogens with zero attached hydrogens (tertiary/aromatic N) is 2. The normalized spacial score (nSPS) is 18.4. The highest BCUT2D eigenvalue weighted by Crippen LogP contribution is 2.23. The molecule has 0 saturated carbocycles. The van der Waals surface area contributed by atoms with Crippen molar-refractivity contribution in [2.45, 2.75) is 64.3 Å². The van der Waals surface area contributed by atoms with E-state index in [9.17, 15) is 9.59 Å². The molecule has 4 heteroatoms. The van der Waals surface area contributed by atoms with Crippen LogP contribution in [0.4, 0.5) is 0 Å². The fraction of sp³-hybridized carbons (Fsp3) is 0.636. The van der Waals surface area contributed by atoms with Crippen LogP contribution in [0.5, 0.6) is 0 Å². The predicted octanol–water partition coefficient (Wildman–Crippen LogP) is 3.47. The van der Waals surface area contributed by atoms with E-state index in [2.05, 4.69) is 24.0 Å². The van der Waals surface area contributed by atoms with E-state index in [0.717, 1.165) is 50.9 Å². The quantitative estimate of drug-likeness (QED) is 0.733. The van der Waals surface area contributed by atoms with Gasteiger partial charge in [-0.3, -0.25) is 9.59 Å². The lowest BCUT2D eigenvalue weighted by Crippen LogP contribution is -2.45. The Balaban J connectivity index is 1.50. The molecular formula is C22H32N2O2. The molecule has 1 saturated heterocycles. The standard InChI is InChI=1S/C22H32N2O2/c1-3-24-14-12-20(13-15-24)23(2)22(26)11-10-21(25)19-9-8-17-6-4-5-7-18(17)16-19/h8-9,16,20H,3-7,10-15H2,1-2H3. The van der Waals surface area contributed by atoms with Crippen molar-refractivity contribution in [3.8, 4) is 0 Å². The van der Waals surface area contributed by atoms with Crippen LogP contribution in [-0.4, -0.2) is 54.2 Å². The summed E-state index contributed by atoms with van der Waals surface area (Å²) in [6.45, 7) is 5.39. The Morgan fingerprint density at radius 3 is 2.46 bits per heavy atom. The summed E-state index contributed by atoms with van der Waals surface area (Å²) >= 11 is 0. The summed E-state index contributed by atoms with van der Waals surface area (Å²) in [4.78, 5) is 29.4. The second-order valence-electron chi connectivity index (χ2n) is 7.78. The second kappa shape index (κ2) is 8.81. The third-order valence-corrected chi connectivity index (χ3v) is 6.18. The summed E-state index contributed by atoms with van der Waals surface area (Å²) in [6.07, 6.45) is 7.38. The van der Waals surface area contributed by atoms with Crippen LogP contribution >= 0.6 is 0 Å². The number of amides is 1. The molecule has 4 nitrogen and oxygen atoms in total. The first kappa shape index (κ1) is 19.1.